The summed E-state index contributed by atoms with van der Waals surface area (Å²) in [5, 5.41) is 3.27. The van der Waals surface area contributed by atoms with E-state index in [1.54, 1.807) is 6.07 Å². The normalized spacial score (nSPS) is 12.2. The average molecular weight is 330 g/mol. The van der Waals surface area contributed by atoms with Gasteiger partial charge in [0.15, 0.2) is 11.5 Å². The number of nitrogens with one attached hydrogen (secondary N) is 1. The summed E-state index contributed by atoms with van der Waals surface area (Å²) in [7, 11) is 3.02. The Morgan fingerprint density at radius 3 is 2.43 bits per heavy atom. The van der Waals surface area contributed by atoms with Gasteiger partial charge in [-0.25, -0.2) is 4.39 Å². The van der Waals surface area contributed by atoms with E-state index in [1.807, 2.05) is 19.1 Å². The molecule has 1 N–H and O–H groups in total. The van der Waals surface area contributed by atoms with Gasteiger partial charge in [0.25, 0.3) is 0 Å². The third kappa shape index (κ3) is 3.48. The van der Waals surface area contributed by atoms with E-state index < -0.39 is 0 Å². The van der Waals surface area contributed by atoms with Crippen LogP contribution in [-0.2, 0) is 0 Å². The van der Waals surface area contributed by atoms with Gasteiger partial charge < -0.3 is 14.8 Å². The number of ether oxygens (including phenoxy) is 2. The molecule has 114 valence electrons. The van der Waals surface area contributed by atoms with Crippen LogP contribution in [0.4, 0.5) is 4.39 Å². The summed E-state index contributed by atoms with van der Waals surface area (Å²) >= 11 is 7.42. The monoisotopic (exact) mass is 329 g/mol. The van der Waals surface area contributed by atoms with E-state index >= 15 is 0 Å². The number of thiophene rings is 1. The molecule has 0 aliphatic carbocycles. The van der Waals surface area contributed by atoms with Gasteiger partial charge in [-0.15, -0.1) is 11.3 Å². The molecule has 1 heterocycles. The first-order valence-corrected chi connectivity index (χ1v) is 7.70. The minimum absolute atomic E-state index is 0.271. The summed E-state index contributed by atoms with van der Waals surface area (Å²) in [6.45, 7) is 2.68. The lowest BCUT2D eigenvalue weighted by Gasteiger charge is -2.19. The summed E-state index contributed by atoms with van der Waals surface area (Å²) in [5.41, 5.74) is 0.507. The Labute approximate surface area is 132 Å². The second-order valence-electron chi connectivity index (χ2n) is 4.36. The molecule has 0 aliphatic rings. The van der Waals surface area contributed by atoms with Crippen molar-refractivity contribution in [1.29, 1.82) is 0 Å². The summed E-state index contributed by atoms with van der Waals surface area (Å²) in [4.78, 5) is 0.952. The summed E-state index contributed by atoms with van der Waals surface area (Å²) in [5.74, 6) is 0.529. The molecule has 2 aromatic rings. The van der Waals surface area contributed by atoms with Gasteiger partial charge in [0.05, 0.1) is 24.6 Å². The Hall–Kier alpha value is -1.30. The van der Waals surface area contributed by atoms with Crippen LogP contribution < -0.4 is 14.8 Å². The molecule has 1 aromatic carbocycles. The van der Waals surface area contributed by atoms with Crippen molar-refractivity contribution in [2.24, 2.45) is 0 Å². The van der Waals surface area contributed by atoms with Crippen LogP contribution in [0, 0.1) is 5.82 Å². The molecule has 0 saturated heterocycles. The van der Waals surface area contributed by atoms with Crippen LogP contribution >= 0.6 is 22.9 Å². The molecule has 0 amide bonds. The van der Waals surface area contributed by atoms with Crippen molar-refractivity contribution in [3.8, 4) is 11.5 Å². The van der Waals surface area contributed by atoms with Crippen molar-refractivity contribution < 1.29 is 13.9 Å². The Bertz CT molecular complexity index is 618. The van der Waals surface area contributed by atoms with E-state index in [0.717, 1.165) is 4.88 Å². The first-order chi connectivity index (χ1) is 10.1. The maximum absolute atomic E-state index is 14.4. The zero-order valence-electron chi connectivity index (χ0n) is 12.1. The highest BCUT2D eigenvalue weighted by molar-refractivity contribution is 7.16. The molecule has 1 aromatic heterocycles. The number of rotatable bonds is 6. The zero-order valence-corrected chi connectivity index (χ0v) is 13.6. The Balaban J connectivity index is 2.49. The van der Waals surface area contributed by atoms with Crippen molar-refractivity contribution in [2.75, 3.05) is 20.8 Å². The zero-order chi connectivity index (χ0) is 15.4. The van der Waals surface area contributed by atoms with Gasteiger partial charge in [-0.05, 0) is 24.7 Å². The van der Waals surface area contributed by atoms with Crippen LogP contribution in [0.25, 0.3) is 0 Å². The third-order valence-corrected chi connectivity index (χ3v) is 4.40. The van der Waals surface area contributed by atoms with Crippen molar-refractivity contribution in [3.63, 3.8) is 0 Å². The van der Waals surface area contributed by atoms with Crippen molar-refractivity contribution in [1.82, 2.24) is 5.32 Å². The fourth-order valence-electron chi connectivity index (χ4n) is 2.14. The van der Waals surface area contributed by atoms with Gasteiger partial charge in [0.2, 0.25) is 0 Å². The number of methoxy groups -OCH3 is 2. The number of halogens is 2. The number of hydrogen-bond donors (Lipinski definition) is 1. The predicted octanol–water partition coefficient (Wildman–Crippen LogP) is 4.26. The molecule has 0 bridgehead atoms. The van der Waals surface area contributed by atoms with Crippen LogP contribution in [0.2, 0.25) is 4.34 Å². The SMILES string of the molecule is CCNC(c1ccc(Cl)s1)c1cc(OC)c(OC)cc1F. The van der Waals surface area contributed by atoms with Crippen LogP contribution in [0.15, 0.2) is 24.3 Å². The molecular weight excluding hydrogens is 313 g/mol. The van der Waals surface area contributed by atoms with Gasteiger partial charge in [0, 0.05) is 16.5 Å². The Morgan fingerprint density at radius 1 is 1.24 bits per heavy atom. The highest BCUT2D eigenvalue weighted by Crippen LogP contribution is 2.37. The minimum atomic E-state index is -0.344. The maximum atomic E-state index is 14.4. The molecule has 2 rings (SSSR count). The Morgan fingerprint density at radius 2 is 1.90 bits per heavy atom. The largest absolute Gasteiger partial charge is 0.493 e. The van der Waals surface area contributed by atoms with Crippen LogP contribution in [0.1, 0.15) is 23.4 Å². The van der Waals surface area contributed by atoms with Gasteiger partial charge in [-0.1, -0.05) is 18.5 Å². The topological polar surface area (TPSA) is 30.5 Å². The number of benzene rings is 1. The predicted molar refractivity (Wildman–Crippen MR) is 84.4 cm³/mol. The van der Waals surface area contributed by atoms with E-state index in [0.29, 0.717) is 27.9 Å². The molecule has 0 radical (unpaired) electrons. The van der Waals surface area contributed by atoms with Gasteiger partial charge in [0.1, 0.15) is 5.82 Å². The highest BCUT2D eigenvalue weighted by Gasteiger charge is 2.21. The molecule has 1 atom stereocenters. The van der Waals surface area contributed by atoms with Crippen molar-refractivity contribution >= 4 is 22.9 Å². The van der Waals surface area contributed by atoms with Crippen molar-refractivity contribution in [2.45, 2.75) is 13.0 Å². The smallest absolute Gasteiger partial charge is 0.163 e. The fraction of sp³-hybridized carbons (Fsp3) is 0.333. The Kier molecular flexibility index (Phi) is 5.45. The van der Waals surface area contributed by atoms with Crippen LogP contribution in [0.5, 0.6) is 11.5 Å². The summed E-state index contributed by atoms with van der Waals surface area (Å²) < 4.78 is 25.5. The van der Waals surface area contributed by atoms with E-state index in [9.17, 15) is 4.39 Å². The molecule has 0 saturated carbocycles. The van der Waals surface area contributed by atoms with E-state index in [2.05, 4.69) is 5.32 Å². The molecular formula is C15H17ClFNO2S. The molecule has 0 aliphatic heterocycles. The van der Waals surface area contributed by atoms with E-state index in [-0.39, 0.29) is 11.9 Å². The molecule has 6 heteroatoms. The minimum Gasteiger partial charge on any atom is -0.493 e. The molecule has 1 unspecified atom stereocenters. The second-order valence-corrected chi connectivity index (χ2v) is 6.11. The molecule has 21 heavy (non-hydrogen) atoms. The fourth-order valence-corrected chi connectivity index (χ4v) is 3.30. The first kappa shape index (κ1) is 16.1. The summed E-state index contributed by atoms with van der Waals surface area (Å²) in [6, 6.07) is 6.44. The van der Waals surface area contributed by atoms with Crippen molar-refractivity contribution in [3.05, 3.63) is 44.9 Å². The maximum Gasteiger partial charge on any atom is 0.163 e. The molecule has 0 spiro atoms. The van der Waals surface area contributed by atoms with Crippen LogP contribution in [-0.4, -0.2) is 20.8 Å². The lowest BCUT2D eigenvalue weighted by Crippen LogP contribution is -2.22. The van der Waals surface area contributed by atoms with Gasteiger partial charge >= 0.3 is 0 Å². The van der Waals surface area contributed by atoms with Gasteiger partial charge in [-0.2, -0.15) is 0 Å². The highest BCUT2D eigenvalue weighted by atomic mass is 35.5. The quantitative estimate of drug-likeness (QED) is 0.859. The number of hydrogen-bond acceptors (Lipinski definition) is 4. The second kappa shape index (κ2) is 7.11. The molecule has 3 nitrogen and oxygen atoms in total. The average Bonchev–Trinajstić information content (AvgIpc) is 2.91. The first-order valence-electron chi connectivity index (χ1n) is 6.50. The standard InChI is InChI=1S/C15H17ClFNO2S/c1-4-18-15(13-5-6-14(16)21-13)9-7-11(19-2)12(20-3)8-10(9)17/h5-8,15,18H,4H2,1-3H3. The summed E-state index contributed by atoms with van der Waals surface area (Å²) in [6.07, 6.45) is 0. The lowest BCUT2D eigenvalue weighted by molar-refractivity contribution is 0.351. The third-order valence-electron chi connectivity index (χ3n) is 3.10. The van der Waals surface area contributed by atoms with E-state index in [1.165, 1.54) is 31.6 Å². The van der Waals surface area contributed by atoms with Gasteiger partial charge in [-0.3, -0.25) is 0 Å². The molecule has 0 fully saturated rings. The lowest BCUT2D eigenvalue weighted by atomic mass is 10.0. The van der Waals surface area contributed by atoms with E-state index in [4.69, 9.17) is 21.1 Å². The van der Waals surface area contributed by atoms with Crippen LogP contribution in [0.3, 0.4) is 0 Å².